The van der Waals surface area contributed by atoms with E-state index < -0.39 is 0 Å². The number of anilines is 1. The molecule has 2 heterocycles. The zero-order valence-electron chi connectivity index (χ0n) is 8.66. The molecule has 0 atom stereocenters. The van der Waals surface area contributed by atoms with Crippen LogP contribution in [0.15, 0.2) is 0 Å². The third-order valence-corrected chi connectivity index (χ3v) is 2.24. The van der Waals surface area contributed by atoms with Crippen molar-refractivity contribution in [3.8, 4) is 0 Å². The summed E-state index contributed by atoms with van der Waals surface area (Å²) >= 11 is 0. The molecular weight excluding hydrogens is 180 g/mol. The summed E-state index contributed by atoms with van der Waals surface area (Å²) in [6, 6.07) is 0. The first-order chi connectivity index (χ1) is 6.48. The SMILES string of the molecule is CC(C)(C)c1nnc2n1CCC(=O)N2. The average molecular weight is 194 g/mol. The Bertz CT molecular complexity index is 375. The summed E-state index contributed by atoms with van der Waals surface area (Å²) in [4.78, 5) is 11.1. The summed E-state index contributed by atoms with van der Waals surface area (Å²) in [7, 11) is 0. The van der Waals surface area contributed by atoms with E-state index in [9.17, 15) is 4.79 Å². The van der Waals surface area contributed by atoms with Crippen molar-refractivity contribution in [2.24, 2.45) is 0 Å². The minimum atomic E-state index is -0.0344. The van der Waals surface area contributed by atoms with Crippen LogP contribution in [0.25, 0.3) is 0 Å². The number of aromatic nitrogens is 3. The van der Waals surface area contributed by atoms with Crippen LogP contribution in [0.2, 0.25) is 0 Å². The number of carbonyl (C=O) groups is 1. The second-order valence-corrected chi connectivity index (χ2v) is 4.55. The van der Waals surface area contributed by atoms with Crippen LogP contribution in [-0.2, 0) is 16.8 Å². The van der Waals surface area contributed by atoms with Crippen molar-refractivity contribution in [1.29, 1.82) is 0 Å². The molecule has 76 valence electrons. The highest BCUT2D eigenvalue weighted by Gasteiger charge is 2.26. The van der Waals surface area contributed by atoms with Crippen molar-refractivity contribution < 1.29 is 4.79 Å². The van der Waals surface area contributed by atoms with Crippen LogP contribution in [0.3, 0.4) is 0 Å². The summed E-state index contributed by atoms with van der Waals surface area (Å²) in [5, 5.41) is 10.8. The van der Waals surface area contributed by atoms with Crippen molar-refractivity contribution >= 4 is 11.9 Å². The van der Waals surface area contributed by atoms with E-state index >= 15 is 0 Å². The van der Waals surface area contributed by atoms with E-state index in [1.807, 2.05) is 4.57 Å². The molecule has 0 aromatic carbocycles. The summed E-state index contributed by atoms with van der Waals surface area (Å²) < 4.78 is 1.97. The fourth-order valence-electron chi connectivity index (χ4n) is 1.56. The molecule has 1 aliphatic rings. The molecule has 1 amide bonds. The molecule has 5 heteroatoms. The minimum absolute atomic E-state index is 0.0189. The first kappa shape index (κ1) is 9.18. The van der Waals surface area contributed by atoms with Crippen LogP contribution < -0.4 is 5.32 Å². The molecule has 0 saturated carbocycles. The standard InChI is InChI=1S/C9H14N4O/c1-9(2,3)7-11-12-8-10-6(14)4-5-13(7)8/h4-5H2,1-3H3,(H,10,12,14). The number of rotatable bonds is 0. The van der Waals surface area contributed by atoms with Gasteiger partial charge in [-0.3, -0.25) is 14.7 Å². The van der Waals surface area contributed by atoms with Crippen molar-refractivity contribution in [2.45, 2.75) is 39.2 Å². The lowest BCUT2D eigenvalue weighted by atomic mass is 9.95. The molecule has 1 aromatic rings. The Labute approximate surface area is 82.5 Å². The molecule has 1 aliphatic heterocycles. The quantitative estimate of drug-likeness (QED) is 0.668. The van der Waals surface area contributed by atoms with Crippen LogP contribution in [0.4, 0.5) is 5.95 Å². The van der Waals surface area contributed by atoms with Gasteiger partial charge in [0.05, 0.1) is 0 Å². The smallest absolute Gasteiger partial charge is 0.231 e. The zero-order chi connectivity index (χ0) is 10.3. The highest BCUT2D eigenvalue weighted by atomic mass is 16.1. The lowest BCUT2D eigenvalue weighted by molar-refractivity contribution is -0.116. The van der Waals surface area contributed by atoms with E-state index in [0.717, 1.165) is 5.82 Å². The summed E-state index contributed by atoms with van der Waals surface area (Å²) in [6.45, 7) is 6.93. The fourth-order valence-corrected chi connectivity index (χ4v) is 1.56. The monoisotopic (exact) mass is 194 g/mol. The Morgan fingerprint density at radius 1 is 1.36 bits per heavy atom. The third kappa shape index (κ3) is 1.38. The van der Waals surface area contributed by atoms with Gasteiger partial charge in [-0.15, -0.1) is 10.2 Å². The van der Waals surface area contributed by atoms with Crippen molar-refractivity contribution in [1.82, 2.24) is 14.8 Å². The summed E-state index contributed by atoms with van der Waals surface area (Å²) in [5.74, 6) is 1.52. The molecule has 0 unspecified atom stereocenters. The molecule has 0 aliphatic carbocycles. The summed E-state index contributed by atoms with van der Waals surface area (Å²) in [5.41, 5.74) is -0.0344. The predicted molar refractivity (Wildman–Crippen MR) is 52.0 cm³/mol. The fraction of sp³-hybridized carbons (Fsp3) is 0.667. The van der Waals surface area contributed by atoms with Crippen molar-refractivity contribution in [2.75, 3.05) is 5.32 Å². The Morgan fingerprint density at radius 2 is 2.07 bits per heavy atom. The van der Waals surface area contributed by atoms with Gasteiger partial charge in [-0.05, 0) is 0 Å². The number of hydrogen-bond donors (Lipinski definition) is 1. The van der Waals surface area contributed by atoms with Crippen LogP contribution in [0, 0.1) is 0 Å². The highest BCUT2D eigenvalue weighted by molar-refractivity contribution is 5.90. The van der Waals surface area contributed by atoms with Crippen molar-refractivity contribution in [3.05, 3.63) is 5.82 Å². The topological polar surface area (TPSA) is 59.8 Å². The lowest BCUT2D eigenvalue weighted by Gasteiger charge is -2.21. The Kier molecular flexibility index (Phi) is 1.83. The highest BCUT2D eigenvalue weighted by Crippen LogP contribution is 2.24. The van der Waals surface area contributed by atoms with E-state index in [0.29, 0.717) is 18.9 Å². The molecule has 0 spiro atoms. The van der Waals surface area contributed by atoms with E-state index in [4.69, 9.17) is 0 Å². The maximum absolute atomic E-state index is 11.1. The second kappa shape index (κ2) is 2.80. The van der Waals surface area contributed by atoms with Gasteiger partial charge in [-0.1, -0.05) is 20.8 Å². The maximum Gasteiger partial charge on any atom is 0.231 e. The number of nitrogens with zero attached hydrogens (tertiary/aromatic N) is 3. The molecule has 1 N–H and O–H groups in total. The van der Waals surface area contributed by atoms with Crippen LogP contribution in [-0.4, -0.2) is 20.7 Å². The van der Waals surface area contributed by atoms with Gasteiger partial charge in [0.25, 0.3) is 0 Å². The second-order valence-electron chi connectivity index (χ2n) is 4.55. The van der Waals surface area contributed by atoms with Gasteiger partial charge in [0.1, 0.15) is 5.82 Å². The molecule has 1 aromatic heterocycles. The van der Waals surface area contributed by atoms with Gasteiger partial charge in [-0.2, -0.15) is 0 Å². The van der Waals surface area contributed by atoms with Gasteiger partial charge in [0, 0.05) is 18.4 Å². The molecule has 2 rings (SSSR count). The molecule has 0 radical (unpaired) electrons. The van der Waals surface area contributed by atoms with E-state index in [1.165, 1.54) is 0 Å². The van der Waals surface area contributed by atoms with Gasteiger partial charge < -0.3 is 0 Å². The van der Waals surface area contributed by atoms with Crippen LogP contribution in [0.1, 0.15) is 33.0 Å². The van der Waals surface area contributed by atoms with E-state index in [2.05, 4.69) is 36.3 Å². The average Bonchev–Trinajstić information content (AvgIpc) is 2.45. The van der Waals surface area contributed by atoms with Crippen LogP contribution in [0.5, 0.6) is 0 Å². The normalized spacial score (nSPS) is 16.4. The first-order valence-corrected chi connectivity index (χ1v) is 4.72. The molecule has 14 heavy (non-hydrogen) atoms. The van der Waals surface area contributed by atoms with Crippen LogP contribution >= 0.6 is 0 Å². The number of fused-ring (bicyclic) bond motifs is 1. The van der Waals surface area contributed by atoms with Crippen molar-refractivity contribution in [3.63, 3.8) is 0 Å². The lowest BCUT2D eigenvalue weighted by Crippen LogP contribution is -2.27. The predicted octanol–water partition coefficient (Wildman–Crippen LogP) is 0.918. The first-order valence-electron chi connectivity index (χ1n) is 4.72. The number of amides is 1. The van der Waals surface area contributed by atoms with E-state index in [-0.39, 0.29) is 11.3 Å². The molecule has 5 nitrogen and oxygen atoms in total. The number of carbonyl (C=O) groups excluding carboxylic acids is 1. The summed E-state index contributed by atoms with van der Waals surface area (Å²) in [6.07, 6.45) is 0.508. The molecule has 0 fully saturated rings. The Hall–Kier alpha value is -1.39. The zero-order valence-corrected chi connectivity index (χ0v) is 8.66. The van der Waals surface area contributed by atoms with E-state index in [1.54, 1.807) is 0 Å². The Balaban J connectivity index is 2.43. The van der Waals surface area contributed by atoms with Gasteiger partial charge in [-0.25, -0.2) is 0 Å². The number of hydrogen-bond acceptors (Lipinski definition) is 3. The Morgan fingerprint density at radius 3 is 2.71 bits per heavy atom. The maximum atomic E-state index is 11.1. The third-order valence-electron chi connectivity index (χ3n) is 2.24. The van der Waals surface area contributed by atoms with Gasteiger partial charge in [0.2, 0.25) is 11.9 Å². The molecule has 0 bridgehead atoms. The van der Waals surface area contributed by atoms with Gasteiger partial charge >= 0.3 is 0 Å². The largest absolute Gasteiger partial charge is 0.296 e. The van der Waals surface area contributed by atoms with Gasteiger partial charge in [0.15, 0.2) is 0 Å². The molecular formula is C9H14N4O. The number of nitrogens with one attached hydrogen (secondary N) is 1. The minimum Gasteiger partial charge on any atom is -0.296 e. The molecule has 0 saturated heterocycles.